The number of hydrogen-bond donors (Lipinski definition) is 1. The molecule has 114 valence electrons. The fourth-order valence-electron chi connectivity index (χ4n) is 3.98. The van der Waals surface area contributed by atoms with Crippen LogP contribution in [0.1, 0.15) is 42.5 Å². The van der Waals surface area contributed by atoms with Gasteiger partial charge in [0.15, 0.2) is 5.78 Å². The van der Waals surface area contributed by atoms with Crippen LogP contribution in [0.5, 0.6) is 0 Å². The Hall–Kier alpha value is -1.81. The van der Waals surface area contributed by atoms with E-state index in [2.05, 4.69) is 10.3 Å². The maximum Gasteiger partial charge on any atom is 0.169 e. The van der Waals surface area contributed by atoms with E-state index >= 15 is 0 Å². The molecule has 4 heteroatoms. The maximum absolute atomic E-state index is 14.3. The first kappa shape index (κ1) is 13.8. The van der Waals surface area contributed by atoms with Crippen LogP contribution in [0.3, 0.4) is 0 Å². The zero-order valence-corrected chi connectivity index (χ0v) is 12.4. The summed E-state index contributed by atoms with van der Waals surface area (Å²) in [6.45, 7) is 0. The molecule has 2 fully saturated rings. The Morgan fingerprint density at radius 2 is 2.00 bits per heavy atom. The normalized spacial score (nSPS) is 27.8. The van der Waals surface area contributed by atoms with E-state index < -0.39 is 5.82 Å². The average molecular weight is 298 g/mol. The number of nitrogens with one attached hydrogen (secondary N) is 1. The number of piperidine rings is 2. The Balaban J connectivity index is 1.66. The van der Waals surface area contributed by atoms with Gasteiger partial charge >= 0.3 is 0 Å². The van der Waals surface area contributed by atoms with Crippen molar-refractivity contribution in [1.82, 2.24) is 10.3 Å². The van der Waals surface area contributed by atoms with Crippen LogP contribution in [-0.2, 0) is 0 Å². The van der Waals surface area contributed by atoms with Crippen LogP contribution in [0.2, 0.25) is 0 Å². The Morgan fingerprint density at radius 1 is 1.23 bits per heavy atom. The second-order valence-electron chi connectivity index (χ2n) is 6.55. The summed E-state index contributed by atoms with van der Waals surface area (Å²) >= 11 is 0. The molecular weight excluding hydrogens is 279 g/mol. The number of ketones is 1. The third kappa shape index (κ3) is 2.41. The third-order valence-corrected chi connectivity index (χ3v) is 5.04. The fourth-order valence-corrected chi connectivity index (χ4v) is 3.98. The smallest absolute Gasteiger partial charge is 0.169 e. The first-order chi connectivity index (χ1) is 10.7. The number of fused-ring (bicyclic) bond motifs is 3. The van der Waals surface area contributed by atoms with Crippen molar-refractivity contribution in [2.24, 2.45) is 5.92 Å². The number of carbonyl (C=O) groups excluding carboxylic acids is 1. The molecule has 2 aliphatic rings. The Kier molecular flexibility index (Phi) is 3.41. The van der Waals surface area contributed by atoms with E-state index in [0.717, 1.165) is 31.1 Å². The molecule has 0 amide bonds. The number of rotatable bonds is 2. The van der Waals surface area contributed by atoms with Crippen molar-refractivity contribution >= 4 is 16.7 Å². The molecule has 3 nitrogen and oxygen atoms in total. The fraction of sp³-hybridized carbons (Fsp3) is 0.444. The van der Waals surface area contributed by atoms with E-state index in [4.69, 9.17) is 0 Å². The predicted molar refractivity (Wildman–Crippen MR) is 83.3 cm³/mol. The third-order valence-electron chi connectivity index (χ3n) is 5.04. The van der Waals surface area contributed by atoms with Gasteiger partial charge in [0.1, 0.15) is 5.82 Å². The molecule has 22 heavy (non-hydrogen) atoms. The number of aromatic nitrogens is 1. The number of nitrogens with zero attached hydrogens (tertiary/aromatic N) is 1. The van der Waals surface area contributed by atoms with E-state index in [1.54, 1.807) is 12.3 Å². The van der Waals surface area contributed by atoms with Crippen molar-refractivity contribution in [1.29, 1.82) is 0 Å². The maximum atomic E-state index is 14.3. The Morgan fingerprint density at radius 3 is 2.77 bits per heavy atom. The van der Waals surface area contributed by atoms with Crippen LogP contribution in [0.15, 0.2) is 30.5 Å². The predicted octanol–water partition coefficient (Wildman–Crippen LogP) is 3.48. The molecule has 3 heterocycles. The quantitative estimate of drug-likeness (QED) is 0.863. The van der Waals surface area contributed by atoms with Crippen molar-refractivity contribution in [2.45, 2.75) is 44.2 Å². The summed E-state index contributed by atoms with van der Waals surface area (Å²) in [6, 6.07) is 7.57. The van der Waals surface area contributed by atoms with E-state index in [1.165, 1.54) is 12.5 Å². The van der Waals surface area contributed by atoms with E-state index in [0.29, 0.717) is 17.6 Å². The van der Waals surface area contributed by atoms with Crippen LogP contribution < -0.4 is 5.32 Å². The molecule has 2 unspecified atom stereocenters. The average Bonchev–Trinajstić information content (AvgIpc) is 2.53. The van der Waals surface area contributed by atoms with Gasteiger partial charge in [-0.25, -0.2) is 4.39 Å². The molecule has 1 aromatic carbocycles. The molecule has 4 rings (SSSR count). The topological polar surface area (TPSA) is 42.0 Å². The van der Waals surface area contributed by atoms with Crippen molar-refractivity contribution in [2.75, 3.05) is 0 Å². The molecule has 2 bridgehead atoms. The number of pyridine rings is 1. The molecule has 0 radical (unpaired) electrons. The number of halogens is 1. The highest BCUT2D eigenvalue weighted by atomic mass is 19.1. The lowest BCUT2D eigenvalue weighted by Gasteiger charge is -2.39. The van der Waals surface area contributed by atoms with Gasteiger partial charge in [0, 0.05) is 35.7 Å². The minimum atomic E-state index is -0.445. The minimum Gasteiger partial charge on any atom is -0.311 e. The van der Waals surface area contributed by atoms with Crippen LogP contribution in [0.25, 0.3) is 10.9 Å². The van der Waals surface area contributed by atoms with Crippen LogP contribution in [0.4, 0.5) is 4.39 Å². The number of benzene rings is 1. The van der Waals surface area contributed by atoms with E-state index in [9.17, 15) is 9.18 Å². The molecule has 2 aliphatic heterocycles. The van der Waals surface area contributed by atoms with Crippen molar-refractivity contribution in [3.63, 3.8) is 0 Å². The van der Waals surface area contributed by atoms with Gasteiger partial charge in [-0.3, -0.25) is 9.78 Å². The van der Waals surface area contributed by atoms with Gasteiger partial charge < -0.3 is 5.32 Å². The first-order valence-electron chi connectivity index (χ1n) is 8.05. The highest BCUT2D eigenvalue weighted by Gasteiger charge is 2.35. The lowest BCUT2D eigenvalue weighted by atomic mass is 9.77. The summed E-state index contributed by atoms with van der Waals surface area (Å²) in [5, 5.41) is 4.40. The summed E-state index contributed by atoms with van der Waals surface area (Å²) in [6.07, 6.45) is 6.80. The summed E-state index contributed by atoms with van der Waals surface area (Å²) in [7, 11) is 0. The van der Waals surface area contributed by atoms with Gasteiger partial charge in [0.2, 0.25) is 0 Å². The monoisotopic (exact) mass is 298 g/mol. The van der Waals surface area contributed by atoms with Gasteiger partial charge in [-0.05, 0) is 37.8 Å². The van der Waals surface area contributed by atoms with E-state index in [-0.39, 0.29) is 17.3 Å². The van der Waals surface area contributed by atoms with Gasteiger partial charge in [-0.2, -0.15) is 0 Å². The second kappa shape index (κ2) is 5.43. The van der Waals surface area contributed by atoms with E-state index in [1.807, 2.05) is 12.1 Å². The molecule has 0 saturated carbocycles. The highest BCUT2D eigenvalue weighted by molar-refractivity contribution is 6.01. The molecule has 0 spiro atoms. The van der Waals surface area contributed by atoms with Crippen molar-refractivity contribution < 1.29 is 9.18 Å². The highest BCUT2D eigenvalue weighted by Crippen LogP contribution is 2.32. The van der Waals surface area contributed by atoms with Crippen LogP contribution in [0, 0.1) is 11.7 Å². The zero-order valence-electron chi connectivity index (χ0n) is 12.4. The van der Waals surface area contributed by atoms with Gasteiger partial charge in [0.05, 0.1) is 11.1 Å². The molecule has 1 aromatic heterocycles. The molecule has 1 N–H and O–H groups in total. The first-order valence-corrected chi connectivity index (χ1v) is 8.05. The zero-order chi connectivity index (χ0) is 15.1. The standard InChI is InChI=1S/C18H19FN2O/c19-16-10-17-11(3-2-6-20-17)9-15(16)18(22)12-7-13-4-1-5-14(8-12)21-13/h2-3,6,9-10,12-14,21H,1,4-5,7-8H2. The molecule has 2 aromatic rings. The lowest BCUT2D eigenvalue weighted by molar-refractivity contribution is 0.0821. The second-order valence-corrected chi connectivity index (χ2v) is 6.55. The van der Waals surface area contributed by atoms with Crippen LogP contribution >= 0.6 is 0 Å². The summed E-state index contributed by atoms with van der Waals surface area (Å²) in [5.41, 5.74) is 0.823. The molecule has 0 aliphatic carbocycles. The van der Waals surface area contributed by atoms with Crippen molar-refractivity contribution in [3.05, 3.63) is 41.8 Å². The SMILES string of the molecule is O=C(c1cc2cccnc2cc1F)C1CC2CCCC(C1)N2. The number of hydrogen-bond acceptors (Lipinski definition) is 3. The Labute approximate surface area is 128 Å². The number of Topliss-reactive ketones (excluding diaryl/α,β-unsaturated/α-hetero) is 1. The molecule has 2 saturated heterocycles. The summed E-state index contributed by atoms with van der Waals surface area (Å²) in [5.74, 6) is -0.540. The summed E-state index contributed by atoms with van der Waals surface area (Å²) in [4.78, 5) is 16.9. The van der Waals surface area contributed by atoms with Gasteiger partial charge in [-0.15, -0.1) is 0 Å². The van der Waals surface area contributed by atoms with Crippen LogP contribution in [-0.4, -0.2) is 22.9 Å². The largest absolute Gasteiger partial charge is 0.311 e. The van der Waals surface area contributed by atoms with Gasteiger partial charge in [-0.1, -0.05) is 12.5 Å². The van der Waals surface area contributed by atoms with Gasteiger partial charge in [0.25, 0.3) is 0 Å². The molecule has 2 atom stereocenters. The molecular formula is C18H19FN2O. The summed E-state index contributed by atoms with van der Waals surface area (Å²) < 4.78 is 14.3. The van der Waals surface area contributed by atoms with Crippen molar-refractivity contribution in [3.8, 4) is 0 Å². The minimum absolute atomic E-state index is 0.0401. The Bertz CT molecular complexity index is 718. The number of carbonyl (C=O) groups is 1. The lowest BCUT2D eigenvalue weighted by Crippen LogP contribution is -2.50.